The molecular weight excluding hydrogens is 204 g/mol. The summed E-state index contributed by atoms with van der Waals surface area (Å²) in [5.74, 6) is 2.61. The van der Waals surface area contributed by atoms with Gasteiger partial charge in [0.25, 0.3) is 0 Å². The van der Waals surface area contributed by atoms with Crippen molar-refractivity contribution in [1.82, 2.24) is 10.6 Å². The van der Waals surface area contributed by atoms with Gasteiger partial charge in [0, 0.05) is 32.5 Å². The van der Waals surface area contributed by atoms with Gasteiger partial charge in [0.15, 0.2) is 0 Å². The standard InChI is InChI=1S/C12H22N2O2/c1-3-4-5-6-7-12(16)14-9-8-13-10-11(2)15/h1,11,13,15H,4-10H2,2H3,(H,14,16). The molecular formula is C12H22N2O2. The summed E-state index contributed by atoms with van der Waals surface area (Å²) in [6.45, 7) is 3.55. The molecule has 0 heterocycles. The fraction of sp³-hybridized carbons (Fsp3) is 0.750. The molecule has 0 fully saturated rings. The molecule has 1 unspecified atom stereocenters. The molecule has 1 amide bonds. The van der Waals surface area contributed by atoms with Crippen LogP contribution in [0.15, 0.2) is 0 Å². The number of unbranched alkanes of at least 4 members (excludes halogenated alkanes) is 2. The Hall–Kier alpha value is -1.05. The summed E-state index contributed by atoms with van der Waals surface area (Å²) in [7, 11) is 0. The Morgan fingerprint density at radius 1 is 1.44 bits per heavy atom. The maximum atomic E-state index is 11.3. The lowest BCUT2D eigenvalue weighted by atomic mass is 10.2. The van der Waals surface area contributed by atoms with Crippen LogP contribution in [0.5, 0.6) is 0 Å². The first-order valence-electron chi connectivity index (χ1n) is 5.75. The number of rotatable bonds is 9. The molecule has 0 aromatic rings. The Morgan fingerprint density at radius 2 is 2.19 bits per heavy atom. The molecule has 4 heteroatoms. The third-order valence-electron chi connectivity index (χ3n) is 2.04. The van der Waals surface area contributed by atoms with Crippen LogP contribution < -0.4 is 10.6 Å². The highest BCUT2D eigenvalue weighted by molar-refractivity contribution is 5.75. The molecule has 92 valence electrons. The minimum Gasteiger partial charge on any atom is -0.392 e. The molecule has 0 bridgehead atoms. The Labute approximate surface area is 97.8 Å². The molecule has 0 rings (SSSR count). The highest BCUT2D eigenvalue weighted by Crippen LogP contribution is 1.97. The van der Waals surface area contributed by atoms with Crippen molar-refractivity contribution in [2.75, 3.05) is 19.6 Å². The number of aliphatic hydroxyl groups is 1. The number of amides is 1. The average Bonchev–Trinajstić information content (AvgIpc) is 2.23. The van der Waals surface area contributed by atoms with Crippen molar-refractivity contribution in [3.05, 3.63) is 0 Å². The van der Waals surface area contributed by atoms with Gasteiger partial charge in [0.2, 0.25) is 5.91 Å². The Balaban J connectivity index is 3.21. The van der Waals surface area contributed by atoms with Crippen LogP contribution >= 0.6 is 0 Å². The molecule has 0 aliphatic heterocycles. The van der Waals surface area contributed by atoms with Crippen molar-refractivity contribution in [2.24, 2.45) is 0 Å². The predicted molar refractivity (Wildman–Crippen MR) is 64.9 cm³/mol. The van der Waals surface area contributed by atoms with Gasteiger partial charge in [0.05, 0.1) is 6.10 Å². The van der Waals surface area contributed by atoms with Crippen LogP contribution in [-0.2, 0) is 4.79 Å². The van der Waals surface area contributed by atoms with Crippen molar-refractivity contribution in [3.63, 3.8) is 0 Å². The van der Waals surface area contributed by atoms with Crippen LogP contribution in [0.4, 0.5) is 0 Å². The minimum atomic E-state index is -0.348. The molecule has 3 N–H and O–H groups in total. The van der Waals surface area contributed by atoms with Gasteiger partial charge < -0.3 is 15.7 Å². The van der Waals surface area contributed by atoms with E-state index in [0.29, 0.717) is 26.1 Å². The van der Waals surface area contributed by atoms with Crippen LogP contribution in [0.25, 0.3) is 0 Å². The number of carbonyl (C=O) groups excluding carboxylic acids is 1. The predicted octanol–water partition coefficient (Wildman–Crippen LogP) is 0.267. The lowest BCUT2D eigenvalue weighted by molar-refractivity contribution is -0.121. The van der Waals surface area contributed by atoms with E-state index in [0.717, 1.165) is 19.3 Å². The Bertz CT molecular complexity index is 222. The van der Waals surface area contributed by atoms with Gasteiger partial charge in [0.1, 0.15) is 0 Å². The normalized spacial score (nSPS) is 11.8. The smallest absolute Gasteiger partial charge is 0.220 e. The first kappa shape index (κ1) is 14.9. The van der Waals surface area contributed by atoms with E-state index in [2.05, 4.69) is 16.6 Å². The second-order valence-electron chi connectivity index (χ2n) is 3.81. The van der Waals surface area contributed by atoms with Gasteiger partial charge in [-0.05, 0) is 19.8 Å². The fourth-order valence-electron chi connectivity index (χ4n) is 1.20. The molecule has 0 saturated heterocycles. The van der Waals surface area contributed by atoms with Crippen molar-refractivity contribution in [1.29, 1.82) is 0 Å². The molecule has 0 aromatic carbocycles. The van der Waals surface area contributed by atoms with Crippen molar-refractivity contribution in [2.45, 2.75) is 38.7 Å². The first-order valence-corrected chi connectivity index (χ1v) is 5.75. The third kappa shape index (κ3) is 11.0. The molecule has 16 heavy (non-hydrogen) atoms. The summed E-state index contributed by atoms with van der Waals surface area (Å²) in [5, 5.41) is 14.8. The molecule has 0 spiro atoms. The lowest BCUT2D eigenvalue weighted by Gasteiger charge is -2.07. The van der Waals surface area contributed by atoms with Gasteiger partial charge in [-0.2, -0.15) is 0 Å². The number of carbonyl (C=O) groups is 1. The summed E-state index contributed by atoms with van der Waals surface area (Å²) in [6, 6.07) is 0. The second kappa shape index (κ2) is 10.5. The van der Waals surface area contributed by atoms with Gasteiger partial charge in [-0.3, -0.25) is 4.79 Å². The third-order valence-corrected chi connectivity index (χ3v) is 2.04. The zero-order chi connectivity index (χ0) is 12.2. The Morgan fingerprint density at radius 3 is 2.81 bits per heavy atom. The maximum Gasteiger partial charge on any atom is 0.220 e. The van der Waals surface area contributed by atoms with E-state index in [1.165, 1.54) is 0 Å². The summed E-state index contributed by atoms with van der Waals surface area (Å²) in [6.07, 6.45) is 7.79. The number of aliphatic hydroxyl groups excluding tert-OH is 1. The van der Waals surface area contributed by atoms with Gasteiger partial charge >= 0.3 is 0 Å². The van der Waals surface area contributed by atoms with E-state index in [1.807, 2.05) is 0 Å². The van der Waals surface area contributed by atoms with Crippen LogP contribution in [0.1, 0.15) is 32.6 Å². The fourth-order valence-corrected chi connectivity index (χ4v) is 1.20. The van der Waals surface area contributed by atoms with Crippen LogP contribution in [0, 0.1) is 12.3 Å². The average molecular weight is 226 g/mol. The largest absolute Gasteiger partial charge is 0.392 e. The molecule has 0 radical (unpaired) electrons. The number of hydrogen-bond donors (Lipinski definition) is 3. The summed E-state index contributed by atoms with van der Waals surface area (Å²) in [4.78, 5) is 11.3. The van der Waals surface area contributed by atoms with Gasteiger partial charge in [-0.1, -0.05) is 0 Å². The zero-order valence-electron chi connectivity index (χ0n) is 9.96. The maximum absolute atomic E-state index is 11.3. The van der Waals surface area contributed by atoms with Crippen molar-refractivity contribution >= 4 is 5.91 Å². The number of nitrogens with one attached hydrogen (secondary N) is 2. The lowest BCUT2D eigenvalue weighted by Crippen LogP contribution is -2.34. The summed E-state index contributed by atoms with van der Waals surface area (Å²) >= 11 is 0. The van der Waals surface area contributed by atoms with Crippen molar-refractivity contribution in [3.8, 4) is 12.3 Å². The van der Waals surface area contributed by atoms with E-state index >= 15 is 0 Å². The van der Waals surface area contributed by atoms with E-state index in [4.69, 9.17) is 11.5 Å². The SMILES string of the molecule is C#CCCCCC(=O)NCCNCC(C)O. The van der Waals surface area contributed by atoms with Gasteiger partial charge in [-0.15, -0.1) is 12.3 Å². The van der Waals surface area contributed by atoms with E-state index in [9.17, 15) is 4.79 Å². The van der Waals surface area contributed by atoms with Crippen LogP contribution in [-0.4, -0.2) is 36.8 Å². The van der Waals surface area contributed by atoms with E-state index < -0.39 is 0 Å². The molecule has 4 nitrogen and oxygen atoms in total. The molecule has 1 atom stereocenters. The topological polar surface area (TPSA) is 61.4 Å². The quantitative estimate of drug-likeness (QED) is 0.390. The second-order valence-corrected chi connectivity index (χ2v) is 3.81. The van der Waals surface area contributed by atoms with Crippen molar-refractivity contribution < 1.29 is 9.90 Å². The highest BCUT2D eigenvalue weighted by atomic mass is 16.3. The number of hydrogen-bond acceptors (Lipinski definition) is 3. The first-order chi connectivity index (χ1) is 7.66. The minimum absolute atomic E-state index is 0.0656. The Kier molecular flexibility index (Phi) is 9.78. The molecule has 0 aliphatic rings. The molecule has 0 aromatic heterocycles. The van der Waals surface area contributed by atoms with Gasteiger partial charge in [-0.25, -0.2) is 0 Å². The molecule has 0 saturated carbocycles. The van der Waals surface area contributed by atoms with E-state index in [-0.39, 0.29) is 12.0 Å². The number of terminal acetylenes is 1. The highest BCUT2D eigenvalue weighted by Gasteiger charge is 1.99. The monoisotopic (exact) mass is 226 g/mol. The summed E-state index contributed by atoms with van der Waals surface area (Å²) < 4.78 is 0. The van der Waals surface area contributed by atoms with Crippen LogP contribution in [0.2, 0.25) is 0 Å². The summed E-state index contributed by atoms with van der Waals surface area (Å²) in [5.41, 5.74) is 0. The molecule has 0 aliphatic carbocycles. The zero-order valence-corrected chi connectivity index (χ0v) is 9.96. The van der Waals surface area contributed by atoms with E-state index in [1.54, 1.807) is 6.92 Å². The van der Waals surface area contributed by atoms with Crippen LogP contribution in [0.3, 0.4) is 0 Å².